The molecule has 0 aromatic rings. The van der Waals surface area contributed by atoms with E-state index in [4.69, 9.17) is 14.2 Å². The van der Waals surface area contributed by atoms with Gasteiger partial charge in [-0.2, -0.15) is 0 Å². The molecule has 148 valence electrons. The number of fused-ring (bicyclic) bond motifs is 1. The molecule has 10 heteroatoms. The summed E-state index contributed by atoms with van der Waals surface area (Å²) in [7, 11) is 0. The highest BCUT2D eigenvalue weighted by Gasteiger charge is 2.54. The zero-order valence-electron chi connectivity index (χ0n) is 14.1. The van der Waals surface area contributed by atoms with E-state index < -0.39 is 67.5 Å². The molecule has 10 unspecified atom stereocenters. The van der Waals surface area contributed by atoms with E-state index in [-0.39, 0.29) is 11.5 Å². The maximum absolute atomic E-state index is 11.4. The summed E-state index contributed by atoms with van der Waals surface area (Å²) >= 11 is 0. The minimum Gasteiger partial charge on any atom is -0.478 e. The van der Waals surface area contributed by atoms with Crippen LogP contribution in [0.3, 0.4) is 0 Å². The van der Waals surface area contributed by atoms with Gasteiger partial charge in [0.2, 0.25) is 6.29 Å². The number of aliphatic hydroxyl groups excluding tert-OH is 5. The van der Waals surface area contributed by atoms with Crippen molar-refractivity contribution in [2.75, 3.05) is 6.61 Å². The van der Waals surface area contributed by atoms with Gasteiger partial charge in [0.05, 0.1) is 24.5 Å². The second kappa shape index (κ2) is 7.39. The summed E-state index contributed by atoms with van der Waals surface area (Å²) in [6.07, 6.45) is -7.71. The fraction of sp³-hybridized carbons (Fsp3) is 0.812. The van der Waals surface area contributed by atoms with Gasteiger partial charge in [-0.3, -0.25) is 0 Å². The van der Waals surface area contributed by atoms with Crippen molar-refractivity contribution in [2.45, 2.75) is 56.4 Å². The van der Waals surface area contributed by atoms with E-state index in [1.54, 1.807) is 0 Å². The maximum Gasteiger partial charge on any atom is 0.335 e. The summed E-state index contributed by atoms with van der Waals surface area (Å²) in [4.78, 5) is 11.4. The van der Waals surface area contributed by atoms with Crippen LogP contribution < -0.4 is 0 Å². The van der Waals surface area contributed by atoms with Crippen LogP contribution in [0.5, 0.6) is 0 Å². The highest BCUT2D eigenvalue weighted by molar-refractivity contribution is 5.87. The first-order valence-corrected chi connectivity index (χ1v) is 8.49. The molecular weight excluding hydrogens is 352 g/mol. The molecule has 2 heterocycles. The summed E-state index contributed by atoms with van der Waals surface area (Å²) in [5.74, 6) is -2.53. The number of carboxylic acid groups (broad SMARTS) is 1. The van der Waals surface area contributed by atoms with Crippen LogP contribution in [0.15, 0.2) is 11.8 Å². The van der Waals surface area contributed by atoms with Crippen molar-refractivity contribution < 1.29 is 49.6 Å². The molecule has 3 aliphatic rings. The van der Waals surface area contributed by atoms with E-state index >= 15 is 0 Å². The third-order valence-corrected chi connectivity index (χ3v) is 5.48. The summed E-state index contributed by atoms with van der Waals surface area (Å²) < 4.78 is 16.2. The Labute approximate surface area is 149 Å². The molecular formula is C16H24O10. The van der Waals surface area contributed by atoms with Gasteiger partial charge < -0.3 is 44.8 Å². The second-order valence-corrected chi connectivity index (χ2v) is 7.10. The van der Waals surface area contributed by atoms with E-state index in [9.17, 15) is 35.4 Å². The fourth-order valence-corrected chi connectivity index (χ4v) is 4.16. The highest BCUT2D eigenvalue weighted by atomic mass is 16.7. The van der Waals surface area contributed by atoms with Gasteiger partial charge in [0, 0.05) is 11.8 Å². The average molecular weight is 376 g/mol. The number of carboxylic acids is 1. The molecule has 1 saturated carbocycles. The third kappa shape index (κ3) is 3.22. The predicted octanol–water partition coefficient (Wildman–Crippen LogP) is -2.24. The average Bonchev–Trinajstić information content (AvgIpc) is 2.90. The van der Waals surface area contributed by atoms with E-state index in [0.717, 1.165) is 6.26 Å². The molecule has 10 atom stereocenters. The minimum atomic E-state index is -1.67. The lowest BCUT2D eigenvalue weighted by Gasteiger charge is -2.43. The fourth-order valence-electron chi connectivity index (χ4n) is 4.16. The zero-order chi connectivity index (χ0) is 19.2. The van der Waals surface area contributed by atoms with Gasteiger partial charge in [0.15, 0.2) is 6.29 Å². The molecule has 1 saturated heterocycles. The first-order chi connectivity index (χ1) is 12.3. The Bertz CT molecular complexity index is 563. The predicted molar refractivity (Wildman–Crippen MR) is 82.2 cm³/mol. The number of carbonyl (C=O) groups is 1. The minimum absolute atomic E-state index is 0.0543. The monoisotopic (exact) mass is 376 g/mol. The Balaban J connectivity index is 1.83. The standard InChI is InChI=1S/C16H24O10/c1-5-2-7(18)10-6(14(21)22)4-24-16(9(5)10)26-13-8(3-17)25-15(23)12(20)11(13)19/h4-5,7-13,15-20,23H,2-3H2,1H3,(H,21,22). The highest BCUT2D eigenvalue weighted by Crippen LogP contribution is 2.47. The van der Waals surface area contributed by atoms with Gasteiger partial charge in [0.25, 0.3) is 0 Å². The van der Waals surface area contributed by atoms with Crippen LogP contribution in [0.2, 0.25) is 0 Å². The molecule has 0 amide bonds. The molecule has 0 spiro atoms. The van der Waals surface area contributed by atoms with Crippen molar-refractivity contribution in [1.82, 2.24) is 0 Å². The lowest BCUT2D eigenvalue weighted by molar-refractivity contribution is -0.321. The normalized spacial score (nSPS) is 48.5. The number of aliphatic carboxylic acids is 1. The molecule has 0 aromatic carbocycles. The number of rotatable bonds is 4. The molecule has 0 bridgehead atoms. The van der Waals surface area contributed by atoms with Gasteiger partial charge in [-0.05, 0) is 12.3 Å². The maximum atomic E-state index is 11.4. The van der Waals surface area contributed by atoms with Gasteiger partial charge in [0.1, 0.15) is 24.4 Å². The van der Waals surface area contributed by atoms with Crippen LogP contribution in [0.1, 0.15) is 13.3 Å². The lowest BCUT2D eigenvalue weighted by Crippen LogP contribution is -2.61. The third-order valence-electron chi connectivity index (χ3n) is 5.48. The SMILES string of the molecule is CC1CC(O)C2C(C(=O)O)=COC(OC3C(CO)OC(O)C(O)C3O)C12. The largest absolute Gasteiger partial charge is 0.478 e. The smallest absolute Gasteiger partial charge is 0.335 e. The van der Waals surface area contributed by atoms with Crippen LogP contribution in [0.4, 0.5) is 0 Å². The van der Waals surface area contributed by atoms with Crippen LogP contribution in [-0.2, 0) is 19.0 Å². The first-order valence-electron chi connectivity index (χ1n) is 8.49. The molecule has 10 nitrogen and oxygen atoms in total. The lowest BCUT2D eigenvalue weighted by atomic mass is 9.82. The van der Waals surface area contributed by atoms with Gasteiger partial charge >= 0.3 is 5.97 Å². The van der Waals surface area contributed by atoms with Gasteiger partial charge in [-0.25, -0.2) is 4.79 Å². The zero-order valence-corrected chi connectivity index (χ0v) is 14.1. The van der Waals surface area contributed by atoms with Crippen molar-refractivity contribution in [1.29, 1.82) is 0 Å². The van der Waals surface area contributed by atoms with E-state index in [1.807, 2.05) is 6.92 Å². The summed E-state index contributed by atoms with van der Waals surface area (Å²) in [6, 6.07) is 0. The quantitative estimate of drug-likeness (QED) is 0.316. The first kappa shape index (κ1) is 19.5. The van der Waals surface area contributed by atoms with Gasteiger partial charge in [-0.15, -0.1) is 0 Å². The number of hydrogen-bond donors (Lipinski definition) is 6. The number of hydrogen-bond acceptors (Lipinski definition) is 9. The van der Waals surface area contributed by atoms with Crippen LogP contribution >= 0.6 is 0 Å². The molecule has 2 fully saturated rings. The second-order valence-electron chi connectivity index (χ2n) is 7.10. The van der Waals surface area contributed by atoms with Crippen molar-refractivity contribution in [3.63, 3.8) is 0 Å². The van der Waals surface area contributed by atoms with Crippen LogP contribution in [-0.4, -0.2) is 86.3 Å². The Morgan fingerprint density at radius 2 is 1.96 bits per heavy atom. The van der Waals surface area contributed by atoms with Gasteiger partial charge in [-0.1, -0.05) is 6.92 Å². The molecule has 1 aliphatic carbocycles. The Morgan fingerprint density at radius 1 is 1.27 bits per heavy atom. The van der Waals surface area contributed by atoms with E-state index in [2.05, 4.69) is 0 Å². The number of ether oxygens (including phenoxy) is 3. The Morgan fingerprint density at radius 3 is 2.58 bits per heavy atom. The Kier molecular flexibility index (Phi) is 5.54. The van der Waals surface area contributed by atoms with Crippen molar-refractivity contribution in [2.24, 2.45) is 17.8 Å². The summed E-state index contributed by atoms with van der Waals surface area (Å²) in [6.45, 7) is 1.25. The topological polar surface area (TPSA) is 166 Å². The van der Waals surface area contributed by atoms with Crippen LogP contribution in [0, 0.1) is 17.8 Å². The van der Waals surface area contributed by atoms with Crippen LogP contribution in [0.25, 0.3) is 0 Å². The molecule has 2 aliphatic heterocycles. The molecule has 3 rings (SSSR count). The summed E-state index contributed by atoms with van der Waals surface area (Å²) in [5.41, 5.74) is -0.0543. The molecule has 26 heavy (non-hydrogen) atoms. The van der Waals surface area contributed by atoms with E-state index in [1.165, 1.54) is 0 Å². The van der Waals surface area contributed by atoms with E-state index in [0.29, 0.717) is 6.42 Å². The van der Waals surface area contributed by atoms with Crippen molar-refractivity contribution >= 4 is 5.97 Å². The van der Waals surface area contributed by atoms with Crippen molar-refractivity contribution in [3.05, 3.63) is 11.8 Å². The summed E-state index contributed by atoms with van der Waals surface area (Å²) in [5, 5.41) is 58.6. The molecule has 0 radical (unpaired) electrons. The Hall–Kier alpha value is -1.27. The van der Waals surface area contributed by atoms with Crippen molar-refractivity contribution in [3.8, 4) is 0 Å². The molecule has 0 aromatic heterocycles. The number of aliphatic hydroxyl groups is 5. The molecule has 6 N–H and O–H groups in total.